The lowest BCUT2D eigenvalue weighted by atomic mass is 9.88. The van der Waals surface area contributed by atoms with Crippen LogP contribution in [0.1, 0.15) is 37.7 Å². The van der Waals surface area contributed by atoms with Gasteiger partial charge in [-0.2, -0.15) is 0 Å². The van der Waals surface area contributed by atoms with Gasteiger partial charge >= 0.3 is 0 Å². The van der Waals surface area contributed by atoms with Crippen LogP contribution in [0, 0.1) is 5.92 Å². The van der Waals surface area contributed by atoms with Gasteiger partial charge in [0.1, 0.15) is 6.04 Å². The number of nitrogens with one attached hydrogen (secondary N) is 2. The van der Waals surface area contributed by atoms with Crippen LogP contribution in [0.2, 0.25) is 0 Å². The first-order valence-electron chi connectivity index (χ1n) is 11.0. The van der Waals surface area contributed by atoms with E-state index in [2.05, 4.69) is 10.6 Å². The second-order valence-corrected chi connectivity index (χ2v) is 7.99. The molecule has 7 heteroatoms. The van der Waals surface area contributed by atoms with Crippen molar-refractivity contribution in [2.75, 3.05) is 26.6 Å². The highest BCUT2D eigenvalue weighted by Gasteiger charge is 2.27. The normalized spacial score (nSPS) is 14.8. The summed E-state index contributed by atoms with van der Waals surface area (Å²) in [6, 6.07) is 12.3. The quantitative estimate of drug-likeness (QED) is 0.617. The van der Waals surface area contributed by atoms with Gasteiger partial charge in [0, 0.05) is 30.2 Å². The predicted molar refractivity (Wildman–Crippen MR) is 123 cm³/mol. The van der Waals surface area contributed by atoms with Crippen LogP contribution in [-0.4, -0.2) is 39.2 Å². The lowest BCUT2D eigenvalue weighted by Gasteiger charge is -2.25. The van der Waals surface area contributed by atoms with E-state index in [-0.39, 0.29) is 17.7 Å². The lowest BCUT2D eigenvalue weighted by molar-refractivity contribution is -0.130. The van der Waals surface area contributed by atoms with Gasteiger partial charge in [-0.1, -0.05) is 49.6 Å². The van der Waals surface area contributed by atoms with E-state index in [9.17, 15) is 9.59 Å². The van der Waals surface area contributed by atoms with Crippen LogP contribution in [-0.2, 0) is 16.0 Å². The van der Waals surface area contributed by atoms with E-state index in [4.69, 9.17) is 14.2 Å². The van der Waals surface area contributed by atoms with E-state index in [1.54, 1.807) is 12.1 Å². The van der Waals surface area contributed by atoms with Gasteiger partial charge in [0.05, 0.1) is 21.3 Å². The fraction of sp³-hybridized carbons (Fsp3) is 0.440. The lowest BCUT2D eigenvalue weighted by Crippen LogP contribution is -2.47. The minimum Gasteiger partial charge on any atom is -0.493 e. The maximum Gasteiger partial charge on any atom is 0.247 e. The Morgan fingerprint density at radius 3 is 2.12 bits per heavy atom. The van der Waals surface area contributed by atoms with Crippen molar-refractivity contribution in [1.29, 1.82) is 0 Å². The summed E-state index contributed by atoms with van der Waals surface area (Å²) in [5, 5.41) is 5.90. The molecule has 0 radical (unpaired) electrons. The number of amides is 2. The largest absolute Gasteiger partial charge is 0.493 e. The minimum atomic E-state index is -0.703. The van der Waals surface area contributed by atoms with Crippen LogP contribution in [0.25, 0.3) is 0 Å². The number of anilines is 1. The van der Waals surface area contributed by atoms with E-state index >= 15 is 0 Å². The number of ether oxygens (including phenoxy) is 3. The van der Waals surface area contributed by atoms with Gasteiger partial charge in [0.2, 0.25) is 17.6 Å². The molecular weight excluding hydrogens is 408 g/mol. The summed E-state index contributed by atoms with van der Waals surface area (Å²) in [5.41, 5.74) is 1.47. The molecule has 0 aromatic heterocycles. The molecule has 1 aliphatic rings. The molecule has 0 saturated heterocycles. The number of methoxy groups -OCH3 is 3. The molecule has 172 valence electrons. The summed E-state index contributed by atoms with van der Waals surface area (Å²) in [5.74, 6) is 0.939. The van der Waals surface area contributed by atoms with Crippen molar-refractivity contribution in [2.24, 2.45) is 5.92 Å². The van der Waals surface area contributed by atoms with Crippen molar-refractivity contribution < 1.29 is 23.8 Å². The van der Waals surface area contributed by atoms with E-state index in [1.165, 1.54) is 27.8 Å². The number of benzene rings is 2. The molecule has 0 aliphatic heterocycles. The first kappa shape index (κ1) is 23.4. The number of carbonyl (C=O) groups is 2. The average Bonchev–Trinajstić information content (AvgIpc) is 2.84. The molecule has 2 N–H and O–H groups in total. The van der Waals surface area contributed by atoms with E-state index in [0.717, 1.165) is 31.2 Å². The molecule has 2 aromatic carbocycles. The fourth-order valence-corrected chi connectivity index (χ4v) is 4.10. The highest BCUT2D eigenvalue weighted by atomic mass is 16.5. The van der Waals surface area contributed by atoms with E-state index in [0.29, 0.717) is 29.4 Å². The molecule has 2 aromatic rings. The number of rotatable bonds is 9. The van der Waals surface area contributed by atoms with Crippen molar-refractivity contribution in [3.05, 3.63) is 48.0 Å². The highest BCUT2D eigenvalue weighted by Crippen LogP contribution is 2.40. The molecule has 0 heterocycles. The van der Waals surface area contributed by atoms with Gasteiger partial charge in [0.15, 0.2) is 11.5 Å². The molecule has 0 bridgehead atoms. The molecule has 1 fully saturated rings. The maximum atomic E-state index is 13.3. The van der Waals surface area contributed by atoms with E-state index in [1.807, 2.05) is 30.3 Å². The topological polar surface area (TPSA) is 85.9 Å². The number of hydrogen-bond acceptors (Lipinski definition) is 5. The molecule has 32 heavy (non-hydrogen) atoms. The Bertz CT molecular complexity index is 885. The summed E-state index contributed by atoms with van der Waals surface area (Å²) in [6.45, 7) is 0. The van der Waals surface area contributed by atoms with Gasteiger partial charge in [0.25, 0.3) is 0 Å². The Hall–Kier alpha value is -3.22. The van der Waals surface area contributed by atoms with Crippen molar-refractivity contribution in [3.8, 4) is 17.2 Å². The van der Waals surface area contributed by atoms with Crippen LogP contribution < -0.4 is 24.8 Å². The van der Waals surface area contributed by atoms with Crippen LogP contribution >= 0.6 is 0 Å². The molecule has 1 saturated carbocycles. The Labute approximate surface area is 189 Å². The summed E-state index contributed by atoms with van der Waals surface area (Å²) in [6.07, 6.45) is 5.42. The standard InChI is InChI=1S/C25H32N2O5/c1-30-21-15-19(16-22(31-2)23(21)32-3)26-25(29)20(14-17-10-6-4-7-11-17)27-24(28)18-12-8-5-9-13-18/h4,6-7,10-11,15-16,18,20H,5,8-9,12-14H2,1-3H3,(H,26,29)(H,27,28)/t20-/m1/s1. The second-order valence-electron chi connectivity index (χ2n) is 7.99. The summed E-state index contributed by atoms with van der Waals surface area (Å²) in [7, 11) is 4.56. The van der Waals surface area contributed by atoms with Crippen LogP contribution in [0.3, 0.4) is 0 Å². The molecular formula is C25H32N2O5. The first-order valence-corrected chi connectivity index (χ1v) is 11.0. The molecule has 1 aliphatic carbocycles. The minimum absolute atomic E-state index is 0.0315. The Kier molecular flexibility index (Phi) is 8.36. The smallest absolute Gasteiger partial charge is 0.247 e. The number of carbonyl (C=O) groups excluding carboxylic acids is 2. The summed E-state index contributed by atoms with van der Waals surface area (Å²) >= 11 is 0. The van der Waals surface area contributed by atoms with Gasteiger partial charge in [-0.25, -0.2) is 0 Å². The molecule has 2 amide bonds. The zero-order chi connectivity index (χ0) is 22.9. The van der Waals surface area contributed by atoms with Gasteiger partial charge in [-0.15, -0.1) is 0 Å². The SMILES string of the molecule is COc1cc(NC(=O)[C@@H](Cc2ccccc2)NC(=O)C2CCCCC2)cc(OC)c1OC. The predicted octanol–water partition coefficient (Wildman–Crippen LogP) is 3.96. The zero-order valence-electron chi connectivity index (χ0n) is 19.0. The second kappa shape index (κ2) is 11.4. The summed E-state index contributed by atoms with van der Waals surface area (Å²) < 4.78 is 16.1. The molecule has 1 atom stereocenters. The first-order chi connectivity index (χ1) is 15.5. The highest BCUT2D eigenvalue weighted by molar-refractivity contribution is 5.98. The third-order valence-electron chi connectivity index (χ3n) is 5.82. The van der Waals surface area contributed by atoms with Gasteiger partial charge < -0.3 is 24.8 Å². The third-order valence-corrected chi connectivity index (χ3v) is 5.82. The van der Waals surface area contributed by atoms with Crippen molar-refractivity contribution >= 4 is 17.5 Å². The van der Waals surface area contributed by atoms with Crippen LogP contribution in [0.5, 0.6) is 17.2 Å². The Balaban J connectivity index is 1.80. The Morgan fingerprint density at radius 2 is 1.56 bits per heavy atom. The van der Waals surface area contributed by atoms with Crippen molar-refractivity contribution in [3.63, 3.8) is 0 Å². The molecule has 0 spiro atoms. The molecule has 0 unspecified atom stereocenters. The molecule has 7 nitrogen and oxygen atoms in total. The zero-order valence-corrected chi connectivity index (χ0v) is 19.0. The van der Waals surface area contributed by atoms with Crippen molar-refractivity contribution in [1.82, 2.24) is 5.32 Å². The average molecular weight is 441 g/mol. The van der Waals surface area contributed by atoms with Crippen LogP contribution in [0.15, 0.2) is 42.5 Å². The fourth-order valence-electron chi connectivity index (χ4n) is 4.10. The third kappa shape index (κ3) is 5.93. The van der Waals surface area contributed by atoms with Crippen LogP contribution in [0.4, 0.5) is 5.69 Å². The van der Waals surface area contributed by atoms with Gasteiger partial charge in [-0.05, 0) is 18.4 Å². The van der Waals surface area contributed by atoms with Gasteiger partial charge in [-0.3, -0.25) is 9.59 Å². The Morgan fingerprint density at radius 1 is 0.938 bits per heavy atom. The van der Waals surface area contributed by atoms with Crippen molar-refractivity contribution in [2.45, 2.75) is 44.6 Å². The van der Waals surface area contributed by atoms with E-state index < -0.39 is 6.04 Å². The monoisotopic (exact) mass is 440 g/mol. The number of hydrogen-bond donors (Lipinski definition) is 2. The maximum absolute atomic E-state index is 13.3. The molecule has 3 rings (SSSR count). The summed E-state index contributed by atoms with van der Waals surface area (Å²) in [4.78, 5) is 26.1.